The molecule has 0 bridgehead atoms. The van der Waals surface area contributed by atoms with Crippen molar-refractivity contribution in [3.63, 3.8) is 0 Å². The van der Waals surface area contributed by atoms with E-state index in [1.165, 1.54) is 25.7 Å². The summed E-state index contributed by atoms with van der Waals surface area (Å²) in [5, 5.41) is 4.05. The Labute approximate surface area is 104 Å². The van der Waals surface area contributed by atoms with Crippen LogP contribution in [0.25, 0.3) is 11.0 Å². The molecule has 0 aliphatic heterocycles. The predicted molar refractivity (Wildman–Crippen MR) is 70.2 cm³/mol. The van der Waals surface area contributed by atoms with Gasteiger partial charge in [-0.15, -0.1) is 0 Å². The molecule has 1 fully saturated rings. The molecule has 1 aliphatic carbocycles. The Morgan fingerprint density at radius 3 is 2.94 bits per heavy atom. The van der Waals surface area contributed by atoms with Gasteiger partial charge in [-0.1, -0.05) is 12.8 Å². The van der Waals surface area contributed by atoms with Crippen LogP contribution >= 0.6 is 0 Å². The normalized spacial score (nSPS) is 16.7. The maximum atomic E-state index is 11.7. The van der Waals surface area contributed by atoms with Gasteiger partial charge in [0.2, 0.25) is 5.95 Å². The van der Waals surface area contributed by atoms with Crippen molar-refractivity contribution in [2.75, 3.05) is 5.73 Å². The molecular formula is C12H17N5O. The van der Waals surface area contributed by atoms with Gasteiger partial charge in [0.25, 0.3) is 5.56 Å². The lowest BCUT2D eigenvalue weighted by Gasteiger charge is -2.09. The maximum Gasteiger partial charge on any atom is 0.261 e. The highest BCUT2D eigenvalue weighted by molar-refractivity contribution is 5.76. The van der Waals surface area contributed by atoms with E-state index in [9.17, 15) is 4.79 Å². The molecule has 5 N–H and O–H groups in total. The maximum absolute atomic E-state index is 11.7. The summed E-state index contributed by atoms with van der Waals surface area (Å²) in [4.78, 5) is 21.4. The van der Waals surface area contributed by atoms with Crippen LogP contribution < -0.4 is 16.6 Å². The summed E-state index contributed by atoms with van der Waals surface area (Å²) < 4.78 is 0. The van der Waals surface area contributed by atoms with Crippen LogP contribution in [-0.2, 0) is 6.54 Å². The van der Waals surface area contributed by atoms with Gasteiger partial charge in [-0.2, -0.15) is 4.98 Å². The summed E-state index contributed by atoms with van der Waals surface area (Å²) in [5.74, 6) is 0.143. The van der Waals surface area contributed by atoms with Crippen LogP contribution in [0.3, 0.4) is 0 Å². The van der Waals surface area contributed by atoms with E-state index in [0.29, 0.717) is 17.1 Å². The van der Waals surface area contributed by atoms with Gasteiger partial charge in [-0.25, -0.2) is 0 Å². The van der Waals surface area contributed by atoms with Crippen molar-refractivity contribution in [3.05, 3.63) is 22.1 Å². The zero-order chi connectivity index (χ0) is 12.5. The Morgan fingerprint density at radius 2 is 2.17 bits per heavy atom. The van der Waals surface area contributed by atoms with Gasteiger partial charge in [-0.05, 0) is 18.9 Å². The highest BCUT2D eigenvalue weighted by Crippen LogP contribution is 2.18. The minimum Gasteiger partial charge on any atom is -0.369 e. The van der Waals surface area contributed by atoms with Gasteiger partial charge in [0.1, 0.15) is 5.65 Å². The zero-order valence-corrected chi connectivity index (χ0v) is 10.1. The molecule has 0 radical (unpaired) electrons. The minimum absolute atomic E-state index is 0.143. The molecule has 96 valence electrons. The molecule has 0 saturated heterocycles. The van der Waals surface area contributed by atoms with E-state index < -0.39 is 0 Å². The number of H-pyrrole nitrogens is 2. The third-order valence-electron chi connectivity index (χ3n) is 3.51. The molecule has 0 aromatic carbocycles. The van der Waals surface area contributed by atoms with Crippen LogP contribution in [0.5, 0.6) is 0 Å². The second-order valence-corrected chi connectivity index (χ2v) is 4.87. The fraction of sp³-hybridized carbons (Fsp3) is 0.500. The molecule has 2 heterocycles. The van der Waals surface area contributed by atoms with Gasteiger partial charge in [0, 0.05) is 18.3 Å². The van der Waals surface area contributed by atoms with Crippen molar-refractivity contribution in [2.24, 2.45) is 0 Å². The first-order valence-corrected chi connectivity index (χ1v) is 6.33. The first-order valence-electron chi connectivity index (χ1n) is 6.33. The minimum atomic E-state index is -0.194. The van der Waals surface area contributed by atoms with Crippen LogP contribution in [0.1, 0.15) is 31.4 Å². The van der Waals surface area contributed by atoms with E-state index >= 15 is 0 Å². The van der Waals surface area contributed by atoms with Gasteiger partial charge >= 0.3 is 0 Å². The summed E-state index contributed by atoms with van der Waals surface area (Å²) in [6.45, 7) is 0.736. The quantitative estimate of drug-likeness (QED) is 0.646. The SMILES string of the molecule is Nc1nc2[nH]c(CNC3CCCC3)cc2c(=O)[nH]1. The lowest BCUT2D eigenvalue weighted by Crippen LogP contribution is -2.25. The van der Waals surface area contributed by atoms with Crippen LogP contribution in [0.2, 0.25) is 0 Å². The van der Waals surface area contributed by atoms with Crippen molar-refractivity contribution in [2.45, 2.75) is 38.3 Å². The van der Waals surface area contributed by atoms with E-state index in [4.69, 9.17) is 5.73 Å². The van der Waals surface area contributed by atoms with E-state index in [1.807, 2.05) is 6.07 Å². The average Bonchev–Trinajstić information content (AvgIpc) is 2.93. The summed E-state index contributed by atoms with van der Waals surface area (Å²) in [7, 11) is 0. The molecule has 0 unspecified atom stereocenters. The smallest absolute Gasteiger partial charge is 0.261 e. The lowest BCUT2D eigenvalue weighted by molar-refractivity contribution is 0.520. The van der Waals surface area contributed by atoms with Crippen molar-refractivity contribution in [1.82, 2.24) is 20.3 Å². The van der Waals surface area contributed by atoms with Gasteiger partial charge < -0.3 is 16.0 Å². The van der Waals surface area contributed by atoms with Crippen molar-refractivity contribution in [1.29, 1.82) is 0 Å². The number of nitrogens with zero attached hydrogens (tertiary/aromatic N) is 1. The first kappa shape index (κ1) is 11.3. The summed E-state index contributed by atoms with van der Waals surface area (Å²) in [5.41, 5.74) is 6.84. The van der Waals surface area contributed by atoms with Crippen LogP contribution in [0.4, 0.5) is 5.95 Å². The number of aromatic amines is 2. The third kappa shape index (κ3) is 2.11. The largest absolute Gasteiger partial charge is 0.369 e. The van der Waals surface area contributed by atoms with E-state index in [-0.39, 0.29) is 11.5 Å². The molecule has 6 heteroatoms. The van der Waals surface area contributed by atoms with Crippen molar-refractivity contribution < 1.29 is 0 Å². The number of nitrogens with one attached hydrogen (secondary N) is 3. The molecule has 6 nitrogen and oxygen atoms in total. The Kier molecular flexibility index (Phi) is 2.79. The molecular weight excluding hydrogens is 230 g/mol. The standard InChI is InChI=1S/C12H17N5O/c13-12-16-10-9(11(18)17-12)5-8(15-10)6-14-7-3-1-2-4-7/h5,7,14H,1-4,6H2,(H4,13,15,16,17,18). The molecule has 18 heavy (non-hydrogen) atoms. The van der Waals surface area contributed by atoms with Gasteiger partial charge in [0.15, 0.2) is 0 Å². The second kappa shape index (κ2) is 4.45. The van der Waals surface area contributed by atoms with E-state index in [1.54, 1.807) is 0 Å². The number of hydrogen-bond donors (Lipinski definition) is 4. The van der Waals surface area contributed by atoms with E-state index in [2.05, 4.69) is 20.3 Å². The average molecular weight is 247 g/mol. The molecule has 2 aromatic rings. The van der Waals surface area contributed by atoms with Gasteiger partial charge in [-0.3, -0.25) is 9.78 Å². The molecule has 2 aromatic heterocycles. The summed E-state index contributed by atoms with van der Waals surface area (Å²) >= 11 is 0. The second-order valence-electron chi connectivity index (χ2n) is 4.87. The fourth-order valence-corrected chi connectivity index (χ4v) is 2.57. The number of anilines is 1. The molecule has 0 atom stereocenters. The lowest BCUT2D eigenvalue weighted by atomic mass is 10.2. The topological polar surface area (TPSA) is 99.6 Å². The number of nitrogens with two attached hydrogens (primary N) is 1. The monoisotopic (exact) mass is 247 g/mol. The Morgan fingerprint density at radius 1 is 1.39 bits per heavy atom. The third-order valence-corrected chi connectivity index (χ3v) is 3.51. The number of rotatable bonds is 3. The van der Waals surface area contributed by atoms with Crippen molar-refractivity contribution in [3.8, 4) is 0 Å². The van der Waals surface area contributed by atoms with Crippen LogP contribution in [0.15, 0.2) is 10.9 Å². The predicted octanol–water partition coefficient (Wildman–Crippen LogP) is 0.866. The number of nitrogen functional groups attached to an aromatic ring is 1. The molecule has 3 rings (SSSR count). The molecule has 1 aliphatic rings. The molecule has 0 amide bonds. The van der Waals surface area contributed by atoms with E-state index in [0.717, 1.165) is 12.2 Å². The number of aromatic nitrogens is 3. The summed E-state index contributed by atoms with van der Waals surface area (Å²) in [6, 6.07) is 2.44. The number of hydrogen-bond acceptors (Lipinski definition) is 4. The Bertz CT molecular complexity index is 608. The Hall–Kier alpha value is -1.82. The van der Waals surface area contributed by atoms with Crippen LogP contribution in [0, 0.1) is 0 Å². The molecule has 0 spiro atoms. The zero-order valence-electron chi connectivity index (χ0n) is 10.1. The van der Waals surface area contributed by atoms with Crippen LogP contribution in [-0.4, -0.2) is 21.0 Å². The first-order chi connectivity index (χ1) is 8.72. The molecule has 1 saturated carbocycles. The highest BCUT2D eigenvalue weighted by atomic mass is 16.1. The van der Waals surface area contributed by atoms with Crippen molar-refractivity contribution >= 4 is 17.0 Å². The highest BCUT2D eigenvalue weighted by Gasteiger charge is 2.14. The number of fused-ring (bicyclic) bond motifs is 1. The fourth-order valence-electron chi connectivity index (χ4n) is 2.57. The van der Waals surface area contributed by atoms with Gasteiger partial charge in [0.05, 0.1) is 5.39 Å². The summed E-state index contributed by atoms with van der Waals surface area (Å²) in [6.07, 6.45) is 5.10. The Balaban J connectivity index is 1.80.